The molecule has 2 aromatic heterocycles. The molecule has 1 aliphatic rings. The van der Waals surface area contributed by atoms with Gasteiger partial charge in [0, 0.05) is 6.54 Å². The number of nitrogens with zero attached hydrogens (tertiary/aromatic N) is 3. The van der Waals surface area contributed by atoms with Crippen LogP contribution >= 0.6 is 0 Å². The van der Waals surface area contributed by atoms with E-state index in [1.165, 1.54) is 19.3 Å². The minimum Gasteiger partial charge on any atom is -0.369 e. The number of nitrogens with two attached hydrogens (primary N) is 1. The second-order valence-electron chi connectivity index (χ2n) is 4.22. The minimum atomic E-state index is 0.269. The van der Waals surface area contributed by atoms with Crippen LogP contribution in [0.15, 0.2) is 6.20 Å². The second-order valence-corrected chi connectivity index (χ2v) is 4.22. The SMILES string of the molecule is Nc1nc(NCCC2CC2)c2cn[nH]c2n1. The standard InChI is InChI=1S/C10H14N6/c11-10-14-8(12-4-3-6-1-2-6)7-5-13-16-9(7)15-10/h5-6H,1-4H2,(H4,11,12,13,14,15,16). The molecule has 0 aromatic carbocycles. The van der Waals surface area contributed by atoms with Gasteiger partial charge in [-0.05, 0) is 12.3 Å². The lowest BCUT2D eigenvalue weighted by molar-refractivity contribution is 0.759. The van der Waals surface area contributed by atoms with Gasteiger partial charge in [-0.2, -0.15) is 15.1 Å². The molecule has 0 unspecified atom stereocenters. The third-order valence-electron chi connectivity index (χ3n) is 2.87. The lowest BCUT2D eigenvalue weighted by Gasteiger charge is -2.06. The van der Waals surface area contributed by atoms with E-state index in [1.807, 2.05) is 0 Å². The first-order valence-electron chi connectivity index (χ1n) is 5.53. The molecule has 3 rings (SSSR count). The van der Waals surface area contributed by atoms with Crippen molar-refractivity contribution in [2.45, 2.75) is 19.3 Å². The number of aromatic amines is 1. The van der Waals surface area contributed by atoms with E-state index < -0.39 is 0 Å². The van der Waals surface area contributed by atoms with Crippen molar-refractivity contribution in [3.8, 4) is 0 Å². The highest BCUT2D eigenvalue weighted by Gasteiger charge is 2.20. The quantitative estimate of drug-likeness (QED) is 0.715. The zero-order valence-corrected chi connectivity index (χ0v) is 8.90. The van der Waals surface area contributed by atoms with Gasteiger partial charge in [0.1, 0.15) is 5.82 Å². The number of nitrogens with one attached hydrogen (secondary N) is 2. The summed E-state index contributed by atoms with van der Waals surface area (Å²) < 4.78 is 0. The summed E-state index contributed by atoms with van der Waals surface area (Å²) in [7, 11) is 0. The predicted molar refractivity (Wildman–Crippen MR) is 61.9 cm³/mol. The van der Waals surface area contributed by atoms with Crippen molar-refractivity contribution in [3.05, 3.63) is 6.20 Å². The molecule has 4 N–H and O–H groups in total. The molecule has 1 fully saturated rings. The van der Waals surface area contributed by atoms with E-state index in [0.717, 1.165) is 23.7 Å². The molecule has 84 valence electrons. The maximum Gasteiger partial charge on any atom is 0.224 e. The van der Waals surface area contributed by atoms with Crippen LogP contribution in [0.5, 0.6) is 0 Å². The minimum absolute atomic E-state index is 0.269. The van der Waals surface area contributed by atoms with Crippen LogP contribution < -0.4 is 11.1 Å². The summed E-state index contributed by atoms with van der Waals surface area (Å²) in [6, 6.07) is 0. The summed E-state index contributed by atoms with van der Waals surface area (Å²) in [5.74, 6) is 1.95. The number of fused-ring (bicyclic) bond motifs is 1. The van der Waals surface area contributed by atoms with E-state index in [4.69, 9.17) is 5.73 Å². The highest BCUT2D eigenvalue weighted by molar-refractivity contribution is 5.86. The molecule has 0 saturated heterocycles. The third-order valence-corrected chi connectivity index (χ3v) is 2.87. The number of hydrogen-bond acceptors (Lipinski definition) is 5. The molecule has 6 nitrogen and oxygen atoms in total. The fourth-order valence-corrected chi connectivity index (χ4v) is 1.79. The molecule has 0 atom stereocenters. The number of anilines is 2. The number of H-pyrrole nitrogens is 1. The Morgan fingerprint density at radius 3 is 3.12 bits per heavy atom. The first-order chi connectivity index (χ1) is 7.83. The summed E-state index contributed by atoms with van der Waals surface area (Å²) in [6.07, 6.45) is 5.65. The summed E-state index contributed by atoms with van der Waals surface area (Å²) >= 11 is 0. The Labute approximate surface area is 92.7 Å². The maximum absolute atomic E-state index is 5.62. The van der Waals surface area contributed by atoms with Crippen LogP contribution in [-0.4, -0.2) is 26.7 Å². The molecule has 0 aliphatic heterocycles. The van der Waals surface area contributed by atoms with Gasteiger partial charge in [0.15, 0.2) is 5.65 Å². The van der Waals surface area contributed by atoms with Crippen LogP contribution in [0.3, 0.4) is 0 Å². The van der Waals surface area contributed by atoms with Crippen LogP contribution in [-0.2, 0) is 0 Å². The van der Waals surface area contributed by atoms with Crippen molar-refractivity contribution in [2.24, 2.45) is 5.92 Å². The molecular formula is C10H14N6. The zero-order chi connectivity index (χ0) is 11.0. The average Bonchev–Trinajstić information content (AvgIpc) is 2.95. The normalized spacial score (nSPS) is 15.5. The van der Waals surface area contributed by atoms with Gasteiger partial charge >= 0.3 is 0 Å². The Morgan fingerprint density at radius 2 is 2.31 bits per heavy atom. The van der Waals surface area contributed by atoms with Crippen LogP contribution in [0, 0.1) is 5.92 Å². The number of rotatable bonds is 4. The van der Waals surface area contributed by atoms with Crippen LogP contribution in [0.25, 0.3) is 11.0 Å². The van der Waals surface area contributed by atoms with Crippen LogP contribution in [0.2, 0.25) is 0 Å². The van der Waals surface area contributed by atoms with Crippen molar-refractivity contribution >= 4 is 22.8 Å². The molecule has 0 spiro atoms. The van der Waals surface area contributed by atoms with E-state index in [1.54, 1.807) is 6.20 Å². The molecule has 6 heteroatoms. The van der Waals surface area contributed by atoms with Gasteiger partial charge in [0.25, 0.3) is 0 Å². The van der Waals surface area contributed by atoms with Crippen LogP contribution in [0.1, 0.15) is 19.3 Å². The topological polar surface area (TPSA) is 92.5 Å². The van der Waals surface area contributed by atoms with Gasteiger partial charge in [-0.3, -0.25) is 5.10 Å². The van der Waals surface area contributed by atoms with E-state index in [9.17, 15) is 0 Å². The van der Waals surface area contributed by atoms with E-state index >= 15 is 0 Å². The fraction of sp³-hybridized carbons (Fsp3) is 0.500. The number of aromatic nitrogens is 4. The molecule has 2 aromatic rings. The smallest absolute Gasteiger partial charge is 0.224 e. The average molecular weight is 218 g/mol. The van der Waals surface area contributed by atoms with Crippen molar-refractivity contribution in [2.75, 3.05) is 17.6 Å². The van der Waals surface area contributed by atoms with Crippen molar-refractivity contribution < 1.29 is 0 Å². The largest absolute Gasteiger partial charge is 0.369 e. The molecule has 2 heterocycles. The van der Waals surface area contributed by atoms with E-state index in [0.29, 0.717) is 5.65 Å². The zero-order valence-electron chi connectivity index (χ0n) is 8.90. The molecule has 0 bridgehead atoms. The molecule has 1 aliphatic carbocycles. The summed E-state index contributed by atoms with van der Waals surface area (Å²) in [6.45, 7) is 0.932. The maximum atomic E-state index is 5.62. The Bertz CT molecular complexity index is 501. The van der Waals surface area contributed by atoms with Crippen molar-refractivity contribution in [3.63, 3.8) is 0 Å². The van der Waals surface area contributed by atoms with Crippen LogP contribution in [0.4, 0.5) is 11.8 Å². The van der Waals surface area contributed by atoms with Gasteiger partial charge in [0.2, 0.25) is 5.95 Å². The number of hydrogen-bond donors (Lipinski definition) is 3. The van der Waals surface area contributed by atoms with E-state index in [2.05, 4.69) is 25.5 Å². The first-order valence-corrected chi connectivity index (χ1v) is 5.53. The summed E-state index contributed by atoms with van der Waals surface area (Å²) in [5, 5.41) is 10.9. The molecule has 1 saturated carbocycles. The first kappa shape index (κ1) is 9.38. The lowest BCUT2D eigenvalue weighted by atomic mass is 10.3. The molecule has 0 amide bonds. The predicted octanol–water partition coefficient (Wildman–Crippen LogP) is 1.15. The van der Waals surface area contributed by atoms with Gasteiger partial charge < -0.3 is 11.1 Å². The van der Waals surface area contributed by atoms with Gasteiger partial charge in [-0.15, -0.1) is 0 Å². The highest BCUT2D eigenvalue weighted by atomic mass is 15.2. The molecule has 0 radical (unpaired) electrons. The Morgan fingerprint density at radius 1 is 1.44 bits per heavy atom. The van der Waals surface area contributed by atoms with Gasteiger partial charge in [-0.25, -0.2) is 0 Å². The number of nitrogen functional groups attached to an aromatic ring is 1. The van der Waals surface area contributed by atoms with Gasteiger partial charge in [-0.1, -0.05) is 12.8 Å². The fourth-order valence-electron chi connectivity index (χ4n) is 1.79. The molecule has 16 heavy (non-hydrogen) atoms. The second kappa shape index (κ2) is 3.62. The lowest BCUT2D eigenvalue weighted by Crippen LogP contribution is -2.06. The Hall–Kier alpha value is -1.85. The Kier molecular flexibility index (Phi) is 2.12. The van der Waals surface area contributed by atoms with E-state index in [-0.39, 0.29) is 5.95 Å². The molecular weight excluding hydrogens is 204 g/mol. The van der Waals surface area contributed by atoms with Gasteiger partial charge in [0.05, 0.1) is 11.6 Å². The summed E-state index contributed by atoms with van der Waals surface area (Å²) in [5.41, 5.74) is 6.30. The van der Waals surface area contributed by atoms with Crippen molar-refractivity contribution in [1.82, 2.24) is 20.2 Å². The highest BCUT2D eigenvalue weighted by Crippen LogP contribution is 2.32. The monoisotopic (exact) mass is 218 g/mol. The summed E-state index contributed by atoms with van der Waals surface area (Å²) in [4.78, 5) is 8.25. The third kappa shape index (κ3) is 1.78. The Balaban J connectivity index is 1.80. The van der Waals surface area contributed by atoms with Crippen molar-refractivity contribution in [1.29, 1.82) is 0 Å².